The van der Waals surface area contributed by atoms with E-state index in [1.807, 2.05) is 13.1 Å². The fraction of sp³-hybridized carbons (Fsp3) is 0.167. The van der Waals surface area contributed by atoms with Crippen molar-refractivity contribution in [3.63, 3.8) is 0 Å². The summed E-state index contributed by atoms with van der Waals surface area (Å²) in [7, 11) is 1.87. The van der Waals surface area contributed by atoms with E-state index >= 15 is 0 Å². The predicted octanol–water partition coefficient (Wildman–Crippen LogP) is -0.139. The van der Waals surface area contributed by atoms with E-state index in [1.54, 1.807) is 24.7 Å². The van der Waals surface area contributed by atoms with Gasteiger partial charge in [-0.05, 0) is 18.7 Å². The molecule has 3 aromatic rings. The Kier molecular flexibility index (Phi) is 3.13. The highest BCUT2D eigenvalue weighted by Gasteiger charge is 2.10. The Morgan fingerprint density at radius 2 is 2.30 bits per heavy atom. The van der Waals surface area contributed by atoms with Gasteiger partial charge in [0.25, 0.3) is 5.56 Å². The summed E-state index contributed by atoms with van der Waals surface area (Å²) in [4.78, 5) is 16.5. The molecule has 0 aliphatic heterocycles. The molecule has 3 rings (SSSR count). The van der Waals surface area contributed by atoms with Crippen LogP contribution in [-0.4, -0.2) is 36.8 Å². The number of H-pyrrole nitrogens is 1. The van der Waals surface area contributed by atoms with Gasteiger partial charge >= 0.3 is 0 Å². The summed E-state index contributed by atoms with van der Waals surface area (Å²) in [5.74, 6) is 0.529. The van der Waals surface area contributed by atoms with E-state index in [9.17, 15) is 4.79 Å². The highest BCUT2D eigenvalue weighted by atomic mass is 16.1. The van der Waals surface area contributed by atoms with Gasteiger partial charge in [0.1, 0.15) is 0 Å². The molecule has 3 aromatic heterocycles. The lowest BCUT2D eigenvalue weighted by Gasteiger charge is -2.02. The summed E-state index contributed by atoms with van der Waals surface area (Å²) in [5, 5.41) is 13.4. The number of nitrogens with one attached hydrogen (secondary N) is 2. The first kappa shape index (κ1) is 12.3. The average molecular weight is 271 g/mol. The third-order valence-corrected chi connectivity index (χ3v) is 2.84. The van der Waals surface area contributed by atoms with Crippen LogP contribution in [0, 0.1) is 0 Å². The number of aromatic nitrogens is 6. The monoisotopic (exact) mass is 271 g/mol. The minimum atomic E-state index is -0.232. The minimum Gasteiger partial charge on any atom is -0.316 e. The molecule has 0 aromatic carbocycles. The molecule has 8 nitrogen and oxygen atoms in total. The lowest BCUT2D eigenvalue weighted by molar-refractivity contribution is 0.780. The predicted molar refractivity (Wildman–Crippen MR) is 71.9 cm³/mol. The Labute approximate surface area is 114 Å². The fourth-order valence-corrected chi connectivity index (χ4v) is 1.89. The number of nitrogens with zero attached hydrogens (tertiary/aromatic N) is 5. The zero-order valence-electron chi connectivity index (χ0n) is 10.8. The summed E-state index contributed by atoms with van der Waals surface area (Å²) < 4.78 is 2.77. The Morgan fingerprint density at radius 1 is 1.40 bits per heavy atom. The largest absolute Gasteiger partial charge is 0.316 e. The van der Waals surface area contributed by atoms with E-state index in [0.29, 0.717) is 11.5 Å². The van der Waals surface area contributed by atoms with E-state index in [4.69, 9.17) is 0 Å². The summed E-state index contributed by atoms with van der Waals surface area (Å²) in [6.07, 6.45) is 6.42. The Morgan fingerprint density at radius 3 is 2.95 bits per heavy atom. The van der Waals surface area contributed by atoms with Gasteiger partial charge in [0, 0.05) is 12.7 Å². The van der Waals surface area contributed by atoms with Gasteiger partial charge < -0.3 is 5.32 Å². The standard InChI is InChI=1S/C12H13N7O/c1-13-6-9-2-3-11(14-7-9)19-12(20)10(8-16-19)18-5-4-15-17-18/h2-5,7-8,13,16H,6H2,1H3. The van der Waals surface area contributed by atoms with Gasteiger partial charge in [-0.3, -0.25) is 9.89 Å². The number of aromatic amines is 1. The molecule has 102 valence electrons. The smallest absolute Gasteiger partial charge is 0.298 e. The molecule has 0 spiro atoms. The fourth-order valence-electron chi connectivity index (χ4n) is 1.89. The van der Waals surface area contributed by atoms with Crippen LogP contribution in [0.3, 0.4) is 0 Å². The van der Waals surface area contributed by atoms with Crippen molar-refractivity contribution in [2.75, 3.05) is 7.05 Å². The molecule has 0 aliphatic rings. The molecule has 0 unspecified atom stereocenters. The second-order valence-electron chi connectivity index (χ2n) is 4.20. The van der Waals surface area contributed by atoms with Crippen LogP contribution < -0.4 is 10.9 Å². The topological polar surface area (TPSA) is 93.4 Å². The third kappa shape index (κ3) is 2.12. The molecule has 0 bridgehead atoms. The Bertz CT molecular complexity index is 739. The number of rotatable bonds is 4. The van der Waals surface area contributed by atoms with Crippen molar-refractivity contribution in [2.45, 2.75) is 6.54 Å². The van der Waals surface area contributed by atoms with Gasteiger partial charge in [-0.2, -0.15) is 4.68 Å². The van der Waals surface area contributed by atoms with E-state index in [1.165, 1.54) is 15.6 Å². The lowest BCUT2D eigenvalue weighted by Crippen LogP contribution is -2.19. The maximum atomic E-state index is 12.3. The molecule has 0 radical (unpaired) electrons. The van der Waals surface area contributed by atoms with Crippen molar-refractivity contribution in [3.05, 3.63) is 52.8 Å². The van der Waals surface area contributed by atoms with Crippen molar-refractivity contribution >= 4 is 0 Å². The Balaban J connectivity index is 1.97. The number of pyridine rings is 1. The van der Waals surface area contributed by atoms with Crippen LogP contribution in [0.5, 0.6) is 0 Å². The molecule has 0 saturated heterocycles. The van der Waals surface area contributed by atoms with E-state index in [-0.39, 0.29) is 5.56 Å². The first-order chi connectivity index (χ1) is 9.79. The first-order valence-electron chi connectivity index (χ1n) is 6.06. The van der Waals surface area contributed by atoms with Crippen LogP contribution in [0.25, 0.3) is 11.5 Å². The SMILES string of the molecule is CNCc1ccc(-n2[nH]cc(-n3ccnn3)c2=O)nc1. The van der Waals surface area contributed by atoms with Crippen LogP contribution in [0.1, 0.15) is 5.56 Å². The van der Waals surface area contributed by atoms with Crippen molar-refractivity contribution < 1.29 is 0 Å². The van der Waals surface area contributed by atoms with Gasteiger partial charge in [0.2, 0.25) is 0 Å². The van der Waals surface area contributed by atoms with E-state index < -0.39 is 0 Å². The lowest BCUT2D eigenvalue weighted by atomic mass is 10.3. The molecule has 20 heavy (non-hydrogen) atoms. The summed E-state index contributed by atoms with van der Waals surface area (Å²) in [6, 6.07) is 3.71. The van der Waals surface area contributed by atoms with Crippen molar-refractivity contribution in [1.29, 1.82) is 0 Å². The van der Waals surface area contributed by atoms with Gasteiger partial charge in [0.15, 0.2) is 11.5 Å². The summed E-state index contributed by atoms with van der Waals surface area (Å²) >= 11 is 0. The second-order valence-corrected chi connectivity index (χ2v) is 4.20. The van der Waals surface area contributed by atoms with Gasteiger partial charge in [-0.15, -0.1) is 5.10 Å². The summed E-state index contributed by atoms with van der Waals surface area (Å²) in [6.45, 7) is 0.733. The molecule has 0 amide bonds. The molecule has 0 fully saturated rings. The van der Waals surface area contributed by atoms with Crippen LogP contribution in [0.15, 0.2) is 41.7 Å². The van der Waals surface area contributed by atoms with Crippen LogP contribution in [0.2, 0.25) is 0 Å². The molecular weight excluding hydrogens is 258 g/mol. The second kappa shape index (κ2) is 5.10. The van der Waals surface area contributed by atoms with Gasteiger partial charge in [0.05, 0.1) is 18.6 Å². The molecule has 0 aliphatic carbocycles. The van der Waals surface area contributed by atoms with Crippen LogP contribution in [0.4, 0.5) is 0 Å². The normalized spacial score (nSPS) is 10.8. The molecule has 3 heterocycles. The molecule has 0 saturated carbocycles. The minimum absolute atomic E-state index is 0.232. The van der Waals surface area contributed by atoms with Crippen LogP contribution in [-0.2, 0) is 6.54 Å². The molecular formula is C12H13N7O. The first-order valence-corrected chi connectivity index (χ1v) is 6.06. The molecule has 8 heteroatoms. The highest BCUT2D eigenvalue weighted by molar-refractivity contribution is 5.30. The molecule has 2 N–H and O–H groups in total. The number of hydrogen-bond acceptors (Lipinski definition) is 5. The van der Waals surface area contributed by atoms with Gasteiger partial charge in [-0.25, -0.2) is 9.67 Å². The zero-order valence-corrected chi connectivity index (χ0v) is 10.8. The van der Waals surface area contributed by atoms with Crippen LogP contribution >= 0.6 is 0 Å². The van der Waals surface area contributed by atoms with Gasteiger partial charge in [-0.1, -0.05) is 11.3 Å². The Hall–Kier alpha value is -2.74. The van der Waals surface area contributed by atoms with E-state index in [2.05, 4.69) is 25.7 Å². The van der Waals surface area contributed by atoms with Crippen molar-refractivity contribution in [2.24, 2.45) is 0 Å². The summed E-state index contributed by atoms with van der Waals surface area (Å²) in [5.41, 5.74) is 1.21. The maximum absolute atomic E-state index is 12.3. The quantitative estimate of drug-likeness (QED) is 0.689. The zero-order chi connectivity index (χ0) is 13.9. The van der Waals surface area contributed by atoms with Crippen molar-refractivity contribution in [1.82, 2.24) is 35.1 Å². The highest BCUT2D eigenvalue weighted by Crippen LogP contribution is 2.05. The average Bonchev–Trinajstić information content (AvgIpc) is 3.09. The maximum Gasteiger partial charge on any atom is 0.298 e. The third-order valence-electron chi connectivity index (χ3n) is 2.84. The van der Waals surface area contributed by atoms with E-state index in [0.717, 1.165) is 12.1 Å². The van der Waals surface area contributed by atoms with Crippen molar-refractivity contribution in [3.8, 4) is 11.5 Å². The number of hydrogen-bond donors (Lipinski definition) is 2. The molecule has 0 atom stereocenters.